The van der Waals surface area contributed by atoms with E-state index in [-0.39, 0.29) is 6.04 Å². The zero-order valence-corrected chi connectivity index (χ0v) is 13.9. The van der Waals surface area contributed by atoms with Crippen molar-refractivity contribution in [2.45, 2.75) is 26.3 Å². The molecule has 0 spiro atoms. The van der Waals surface area contributed by atoms with Crippen LogP contribution in [0.15, 0.2) is 30.3 Å². The smallest absolute Gasteiger partial charge is 0.161 e. The Balaban J connectivity index is 2.05. The first-order valence-electron chi connectivity index (χ1n) is 8.24. The summed E-state index contributed by atoms with van der Waals surface area (Å²) in [5, 5.41) is 3.37. The molecule has 0 aliphatic carbocycles. The van der Waals surface area contributed by atoms with Crippen LogP contribution < -0.4 is 14.8 Å². The fourth-order valence-electron chi connectivity index (χ4n) is 3.09. The lowest BCUT2D eigenvalue weighted by molar-refractivity contribution is 0.286. The number of benzene rings is 2. The first kappa shape index (κ1) is 16.7. The van der Waals surface area contributed by atoms with Crippen LogP contribution in [0.1, 0.15) is 36.6 Å². The highest BCUT2D eigenvalue weighted by Gasteiger charge is 2.24. The van der Waals surface area contributed by atoms with E-state index in [9.17, 15) is 8.78 Å². The van der Waals surface area contributed by atoms with E-state index in [4.69, 9.17) is 9.47 Å². The maximum Gasteiger partial charge on any atom is 0.161 e. The van der Waals surface area contributed by atoms with Gasteiger partial charge in [-0.15, -0.1) is 0 Å². The first-order valence-corrected chi connectivity index (χ1v) is 8.24. The van der Waals surface area contributed by atoms with Gasteiger partial charge in [-0.25, -0.2) is 8.78 Å². The van der Waals surface area contributed by atoms with E-state index < -0.39 is 11.6 Å². The Hall–Kier alpha value is -2.14. The van der Waals surface area contributed by atoms with E-state index >= 15 is 0 Å². The van der Waals surface area contributed by atoms with Crippen molar-refractivity contribution in [1.82, 2.24) is 5.32 Å². The summed E-state index contributed by atoms with van der Waals surface area (Å²) in [6, 6.07) is 7.78. The molecule has 1 N–H and O–H groups in total. The van der Waals surface area contributed by atoms with Gasteiger partial charge in [-0.1, -0.05) is 6.07 Å². The van der Waals surface area contributed by atoms with Crippen molar-refractivity contribution in [2.24, 2.45) is 0 Å². The van der Waals surface area contributed by atoms with Crippen molar-refractivity contribution in [2.75, 3.05) is 19.8 Å². The van der Waals surface area contributed by atoms with Gasteiger partial charge in [-0.05, 0) is 61.2 Å². The van der Waals surface area contributed by atoms with Crippen LogP contribution in [0.4, 0.5) is 8.78 Å². The molecule has 24 heavy (non-hydrogen) atoms. The van der Waals surface area contributed by atoms with Crippen LogP contribution in [0.3, 0.4) is 0 Å². The normalized spacial score (nSPS) is 16.6. The molecule has 0 unspecified atom stereocenters. The standard InChI is InChI=1S/C19H21F2NO2/c1-3-23-17-10-12-7-8-22-19(14(12)11-18(17)24-4-2)13-5-6-15(20)16(21)9-13/h5-6,9-11,19,22H,3-4,7-8H2,1-2H3/t19-/m1/s1. The number of ether oxygens (including phenoxy) is 2. The molecule has 0 amide bonds. The SMILES string of the molecule is CCOc1cc2c(cc1OCC)[C@@H](c1ccc(F)c(F)c1)NCC2. The van der Waals surface area contributed by atoms with Crippen LogP contribution in [0.2, 0.25) is 0 Å². The van der Waals surface area contributed by atoms with Gasteiger partial charge in [-0.3, -0.25) is 0 Å². The van der Waals surface area contributed by atoms with Crippen LogP contribution in [0, 0.1) is 11.6 Å². The monoisotopic (exact) mass is 333 g/mol. The second-order valence-electron chi connectivity index (χ2n) is 5.67. The minimum absolute atomic E-state index is 0.196. The van der Waals surface area contributed by atoms with E-state index in [0.717, 1.165) is 29.8 Å². The second-order valence-corrected chi connectivity index (χ2v) is 5.67. The van der Waals surface area contributed by atoms with Gasteiger partial charge in [0.15, 0.2) is 23.1 Å². The largest absolute Gasteiger partial charge is 0.490 e. The van der Waals surface area contributed by atoms with E-state index in [1.165, 1.54) is 12.1 Å². The highest BCUT2D eigenvalue weighted by Crippen LogP contribution is 2.38. The maximum absolute atomic E-state index is 13.6. The molecule has 0 radical (unpaired) electrons. The minimum atomic E-state index is -0.837. The van der Waals surface area contributed by atoms with Gasteiger partial charge in [0.2, 0.25) is 0 Å². The van der Waals surface area contributed by atoms with Gasteiger partial charge in [0, 0.05) is 6.54 Å². The number of halogens is 2. The van der Waals surface area contributed by atoms with Crippen molar-refractivity contribution in [1.29, 1.82) is 0 Å². The van der Waals surface area contributed by atoms with Gasteiger partial charge in [-0.2, -0.15) is 0 Å². The highest BCUT2D eigenvalue weighted by molar-refractivity contribution is 5.51. The molecule has 0 saturated carbocycles. The van der Waals surface area contributed by atoms with Gasteiger partial charge < -0.3 is 14.8 Å². The highest BCUT2D eigenvalue weighted by atomic mass is 19.2. The van der Waals surface area contributed by atoms with Gasteiger partial charge in [0.25, 0.3) is 0 Å². The molecule has 5 heteroatoms. The molecule has 3 rings (SSSR count). The van der Waals surface area contributed by atoms with E-state index in [1.807, 2.05) is 26.0 Å². The fraction of sp³-hybridized carbons (Fsp3) is 0.368. The quantitative estimate of drug-likeness (QED) is 0.897. The lowest BCUT2D eigenvalue weighted by Crippen LogP contribution is -2.30. The summed E-state index contributed by atoms with van der Waals surface area (Å²) in [6.07, 6.45) is 0.849. The third-order valence-corrected chi connectivity index (χ3v) is 4.14. The number of fused-ring (bicyclic) bond motifs is 1. The summed E-state index contributed by atoms with van der Waals surface area (Å²) in [5.74, 6) is -0.271. The van der Waals surface area contributed by atoms with Gasteiger partial charge >= 0.3 is 0 Å². The van der Waals surface area contributed by atoms with Gasteiger partial charge in [0.05, 0.1) is 19.3 Å². The zero-order chi connectivity index (χ0) is 17.1. The molecule has 1 aliphatic heterocycles. The second kappa shape index (κ2) is 7.18. The summed E-state index contributed by atoms with van der Waals surface area (Å²) in [5.41, 5.74) is 2.84. The predicted octanol–water partition coefficient (Wildman–Crippen LogP) is 4.00. The Morgan fingerprint density at radius 1 is 1.00 bits per heavy atom. The minimum Gasteiger partial charge on any atom is -0.490 e. The molecule has 1 heterocycles. The topological polar surface area (TPSA) is 30.5 Å². The third-order valence-electron chi connectivity index (χ3n) is 4.14. The molecular formula is C19H21F2NO2. The van der Waals surface area contributed by atoms with Gasteiger partial charge in [0.1, 0.15) is 0 Å². The van der Waals surface area contributed by atoms with Crippen molar-refractivity contribution < 1.29 is 18.3 Å². The molecule has 0 aromatic heterocycles. The predicted molar refractivity (Wildman–Crippen MR) is 88.7 cm³/mol. The Labute approximate surface area is 140 Å². The van der Waals surface area contributed by atoms with Crippen molar-refractivity contribution in [3.63, 3.8) is 0 Å². The molecule has 0 fully saturated rings. The van der Waals surface area contributed by atoms with Crippen LogP contribution in [-0.2, 0) is 6.42 Å². The summed E-state index contributed by atoms with van der Waals surface area (Å²) >= 11 is 0. The number of nitrogens with one attached hydrogen (secondary N) is 1. The summed E-state index contributed by atoms with van der Waals surface area (Å²) in [6.45, 7) is 5.70. The maximum atomic E-state index is 13.6. The Morgan fingerprint density at radius 3 is 2.38 bits per heavy atom. The number of hydrogen-bond acceptors (Lipinski definition) is 3. The number of rotatable bonds is 5. The third kappa shape index (κ3) is 3.22. The average molecular weight is 333 g/mol. The Bertz CT molecular complexity index is 734. The molecule has 2 aromatic rings. The first-order chi connectivity index (χ1) is 11.6. The lowest BCUT2D eigenvalue weighted by Gasteiger charge is -2.29. The Kier molecular flexibility index (Phi) is 5.00. The van der Waals surface area contributed by atoms with Crippen LogP contribution in [0.25, 0.3) is 0 Å². The molecule has 2 aromatic carbocycles. The average Bonchev–Trinajstić information content (AvgIpc) is 2.58. The van der Waals surface area contributed by atoms with E-state index in [2.05, 4.69) is 5.32 Å². The molecule has 3 nitrogen and oxygen atoms in total. The summed E-state index contributed by atoms with van der Waals surface area (Å²) in [4.78, 5) is 0. The lowest BCUT2D eigenvalue weighted by atomic mass is 9.89. The molecule has 0 saturated heterocycles. The van der Waals surface area contributed by atoms with Crippen molar-refractivity contribution in [3.8, 4) is 11.5 Å². The summed E-state index contributed by atoms with van der Waals surface area (Å²) < 4.78 is 38.2. The van der Waals surface area contributed by atoms with E-state index in [1.54, 1.807) is 6.07 Å². The molecule has 1 atom stereocenters. The zero-order valence-electron chi connectivity index (χ0n) is 13.9. The molecule has 0 bridgehead atoms. The van der Waals surface area contributed by atoms with Crippen molar-refractivity contribution >= 4 is 0 Å². The molecule has 1 aliphatic rings. The number of hydrogen-bond donors (Lipinski definition) is 1. The fourth-order valence-corrected chi connectivity index (χ4v) is 3.09. The van der Waals surface area contributed by atoms with Crippen LogP contribution >= 0.6 is 0 Å². The van der Waals surface area contributed by atoms with Crippen molar-refractivity contribution in [3.05, 3.63) is 58.7 Å². The molecule has 128 valence electrons. The molecular weight excluding hydrogens is 312 g/mol. The van der Waals surface area contributed by atoms with Crippen LogP contribution in [-0.4, -0.2) is 19.8 Å². The Morgan fingerprint density at radius 2 is 1.71 bits per heavy atom. The van der Waals surface area contributed by atoms with E-state index in [0.29, 0.717) is 24.5 Å². The van der Waals surface area contributed by atoms with Crippen LogP contribution in [0.5, 0.6) is 11.5 Å². The summed E-state index contributed by atoms with van der Waals surface area (Å²) in [7, 11) is 0.